The van der Waals surface area contributed by atoms with E-state index in [-0.39, 0.29) is 6.04 Å². The summed E-state index contributed by atoms with van der Waals surface area (Å²) >= 11 is 0. The van der Waals surface area contributed by atoms with E-state index in [0.717, 1.165) is 25.3 Å². The van der Waals surface area contributed by atoms with Gasteiger partial charge in [-0.2, -0.15) is 0 Å². The molecule has 0 spiro atoms. The van der Waals surface area contributed by atoms with Crippen molar-refractivity contribution in [1.29, 1.82) is 0 Å². The average Bonchev–Trinajstić information content (AvgIpc) is 3.25. The van der Waals surface area contributed by atoms with Crippen molar-refractivity contribution in [2.75, 3.05) is 6.54 Å². The van der Waals surface area contributed by atoms with E-state index in [0.29, 0.717) is 6.04 Å². The number of nitrogens with zero attached hydrogens (tertiary/aromatic N) is 5. The van der Waals surface area contributed by atoms with Gasteiger partial charge in [0, 0.05) is 13.1 Å². The molecule has 0 saturated heterocycles. The second-order valence-corrected chi connectivity index (χ2v) is 8.58. The van der Waals surface area contributed by atoms with E-state index in [2.05, 4.69) is 80.6 Å². The van der Waals surface area contributed by atoms with Crippen LogP contribution in [-0.4, -0.2) is 31.7 Å². The summed E-state index contributed by atoms with van der Waals surface area (Å²) < 4.78 is 2.14. The second-order valence-electron chi connectivity index (χ2n) is 8.58. The topological polar surface area (TPSA) is 46.8 Å². The third-order valence-corrected chi connectivity index (χ3v) is 6.60. The van der Waals surface area contributed by atoms with Gasteiger partial charge in [0.25, 0.3) is 0 Å². The van der Waals surface area contributed by atoms with Crippen LogP contribution in [0.2, 0.25) is 0 Å². The van der Waals surface area contributed by atoms with Crippen molar-refractivity contribution in [1.82, 2.24) is 25.1 Å². The van der Waals surface area contributed by atoms with Crippen molar-refractivity contribution < 1.29 is 0 Å². The minimum Gasteiger partial charge on any atom is -0.285 e. The maximum atomic E-state index is 4.58. The van der Waals surface area contributed by atoms with E-state index < -0.39 is 0 Å². The normalized spacial score (nSPS) is 19.1. The molecule has 2 heterocycles. The first kappa shape index (κ1) is 18.5. The highest BCUT2D eigenvalue weighted by Crippen LogP contribution is 2.35. The van der Waals surface area contributed by atoms with Gasteiger partial charge in [-0.3, -0.25) is 4.90 Å². The lowest BCUT2D eigenvalue weighted by Gasteiger charge is -2.36. The Morgan fingerprint density at radius 3 is 2.48 bits per heavy atom. The summed E-state index contributed by atoms with van der Waals surface area (Å²) in [5.41, 5.74) is 5.45. The Morgan fingerprint density at radius 2 is 1.69 bits per heavy atom. The van der Waals surface area contributed by atoms with Crippen molar-refractivity contribution in [2.45, 2.75) is 64.1 Å². The summed E-state index contributed by atoms with van der Waals surface area (Å²) in [7, 11) is 0. The van der Waals surface area contributed by atoms with Crippen LogP contribution in [0.15, 0.2) is 48.5 Å². The molecule has 0 N–H and O–H groups in total. The van der Waals surface area contributed by atoms with E-state index in [4.69, 9.17) is 0 Å². The molecule has 0 bridgehead atoms. The van der Waals surface area contributed by atoms with Crippen LogP contribution in [0.1, 0.15) is 72.3 Å². The minimum absolute atomic E-state index is 0.0842. The quantitative estimate of drug-likeness (QED) is 0.655. The summed E-state index contributed by atoms with van der Waals surface area (Å²) in [6.45, 7) is 4.10. The second kappa shape index (κ2) is 8.07. The van der Waals surface area contributed by atoms with Crippen molar-refractivity contribution >= 4 is 0 Å². The van der Waals surface area contributed by atoms with Gasteiger partial charge in [0.2, 0.25) is 0 Å². The van der Waals surface area contributed by atoms with Crippen LogP contribution in [0, 0.1) is 6.92 Å². The predicted molar refractivity (Wildman–Crippen MR) is 114 cm³/mol. The number of hydrogen-bond donors (Lipinski definition) is 0. The molecule has 29 heavy (non-hydrogen) atoms. The monoisotopic (exact) mass is 387 g/mol. The molecule has 0 amide bonds. The Labute approximate surface area is 172 Å². The highest BCUT2D eigenvalue weighted by atomic mass is 15.6. The molecule has 2 aliphatic rings. The van der Waals surface area contributed by atoms with E-state index in [1.807, 2.05) is 0 Å². The van der Waals surface area contributed by atoms with Crippen molar-refractivity contribution in [2.24, 2.45) is 0 Å². The zero-order valence-corrected chi connectivity index (χ0v) is 17.2. The number of fused-ring (bicyclic) bond motifs is 1. The molecule has 1 saturated carbocycles. The van der Waals surface area contributed by atoms with E-state index in [1.54, 1.807) is 0 Å². The van der Waals surface area contributed by atoms with Gasteiger partial charge in [0.1, 0.15) is 0 Å². The standard InChI is InChI=1S/C24H29N5/c1-18-11-13-20(14-12-18)23(28-16-15-19-7-5-6-8-21(19)17-28)24-25-26-27-29(24)22-9-3-2-4-10-22/h5-8,11-14,22-23H,2-4,9-10,15-17H2,1H3/t23-/m1/s1. The molecule has 1 fully saturated rings. The number of aromatic nitrogens is 4. The van der Waals surface area contributed by atoms with Gasteiger partial charge in [-0.05, 0) is 53.3 Å². The highest BCUT2D eigenvalue weighted by Gasteiger charge is 2.32. The zero-order valence-electron chi connectivity index (χ0n) is 17.2. The molecule has 2 aromatic carbocycles. The Kier molecular flexibility index (Phi) is 5.15. The van der Waals surface area contributed by atoms with Gasteiger partial charge in [-0.15, -0.1) is 5.10 Å². The van der Waals surface area contributed by atoms with Gasteiger partial charge in [0.15, 0.2) is 5.82 Å². The maximum absolute atomic E-state index is 4.58. The summed E-state index contributed by atoms with van der Waals surface area (Å²) in [5.74, 6) is 1.00. The van der Waals surface area contributed by atoms with E-state index in [1.165, 1.54) is 54.4 Å². The van der Waals surface area contributed by atoms with Crippen molar-refractivity contribution in [3.05, 3.63) is 76.6 Å². The Balaban J connectivity index is 1.54. The van der Waals surface area contributed by atoms with Crippen LogP contribution in [0.5, 0.6) is 0 Å². The number of rotatable bonds is 4. The van der Waals surface area contributed by atoms with Crippen LogP contribution in [0.25, 0.3) is 0 Å². The fourth-order valence-electron chi connectivity index (χ4n) is 4.98. The maximum Gasteiger partial charge on any atom is 0.173 e. The average molecular weight is 388 g/mol. The smallest absolute Gasteiger partial charge is 0.173 e. The van der Waals surface area contributed by atoms with Gasteiger partial charge in [-0.1, -0.05) is 73.4 Å². The molecule has 1 aromatic heterocycles. The first-order chi connectivity index (χ1) is 14.3. The third-order valence-electron chi connectivity index (χ3n) is 6.60. The number of benzene rings is 2. The Morgan fingerprint density at radius 1 is 0.931 bits per heavy atom. The van der Waals surface area contributed by atoms with Crippen molar-refractivity contribution in [3.8, 4) is 0 Å². The van der Waals surface area contributed by atoms with Gasteiger partial charge in [0.05, 0.1) is 12.1 Å². The molecule has 1 aliphatic carbocycles. The summed E-state index contributed by atoms with van der Waals surface area (Å²) in [5, 5.41) is 13.2. The SMILES string of the molecule is Cc1ccc([C@H](c2nnnn2C2CCCCC2)N2CCc3ccccc3C2)cc1. The fourth-order valence-corrected chi connectivity index (χ4v) is 4.98. The molecule has 5 rings (SSSR count). The van der Waals surface area contributed by atoms with Crippen LogP contribution >= 0.6 is 0 Å². The number of aryl methyl sites for hydroxylation is 1. The molecular weight excluding hydrogens is 358 g/mol. The lowest BCUT2D eigenvalue weighted by atomic mass is 9.93. The third kappa shape index (κ3) is 3.71. The molecule has 3 aromatic rings. The Hall–Kier alpha value is -2.53. The van der Waals surface area contributed by atoms with Crippen LogP contribution in [0.3, 0.4) is 0 Å². The number of tetrazole rings is 1. The molecule has 0 radical (unpaired) electrons. The predicted octanol–water partition coefficient (Wildman–Crippen LogP) is 4.63. The van der Waals surface area contributed by atoms with E-state index >= 15 is 0 Å². The highest BCUT2D eigenvalue weighted by molar-refractivity contribution is 5.32. The van der Waals surface area contributed by atoms with Crippen LogP contribution < -0.4 is 0 Å². The Bertz CT molecular complexity index is 955. The summed E-state index contributed by atoms with van der Waals surface area (Å²) in [6, 6.07) is 18.2. The largest absolute Gasteiger partial charge is 0.285 e. The van der Waals surface area contributed by atoms with Crippen LogP contribution in [0.4, 0.5) is 0 Å². The van der Waals surface area contributed by atoms with Gasteiger partial charge < -0.3 is 0 Å². The first-order valence-electron chi connectivity index (χ1n) is 10.9. The molecule has 0 unspecified atom stereocenters. The molecule has 1 aliphatic heterocycles. The van der Waals surface area contributed by atoms with Crippen molar-refractivity contribution in [3.63, 3.8) is 0 Å². The van der Waals surface area contributed by atoms with Gasteiger partial charge >= 0.3 is 0 Å². The zero-order chi connectivity index (χ0) is 19.6. The summed E-state index contributed by atoms with van der Waals surface area (Å²) in [6.07, 6.45) is 7.32. The minimum atomic E-state index is 0.0842. The molecule has 5 nitrogen and oxygen atoms in total. The number of hydrogen-bond acceptors (Lipinski definition) is 4. The molecule has 5 heteroatoms. The van der Waals surface area contributed by atoms with Gasteiger partial charge in [-0.25, -0.2) is 4.68 Å². The summed E-state index contributed by atoms with van der Waals surface area (Å²) in [4.78, 5) is 2.55. The molecular formula is C24H29N5. The molecule has 150 valence electrons. The lowest BCUT2D eigenvalue weighted by molar-refractivity contribution is 0.188. The first-order valence-corrected chi connectivity index (χ1v) is 10.9. The molecule has 1 atom stereocenters. The fraction of sp³-hybridized carbons (Fsp3) is 0.458. The van der Waals surface area contributed by atoms with Crippen LogP contribution in [-0.2, 0) is 13.0 Å². The van der Waals surface area contributed by atoms with E-state index in [9.17, 15) is 0 Å². The lowest BCUT2D eigenvalue weighted by Crippen LogP contribution is -2.36.